The number of nitrogens with zero attached hydrogens (tertiary/aromatic N) is 2. The van der Waals surface area contributed by atoms with E-state index in [2.05, 4.69) is 31.2 Å². The zero-order chi connectivity index (χ0) is 21.8. The van der Waals surface area contributed by atoms with Crippen LogP contribution in [0.15, 0.2) is 59.5 Å². The van der Waals surface area contributed by atoms with Crippen molar-refractivity contribution in [1.82, 2.24) is 15.3 Å². The molecule has 0 aliphatic carbocycles. The van der Waals surface area contributed by atoms with E-state index in [4.69, 9.17) is 15.2 Å². The van der Waals surface area contributed by atoms with Gasteiger partial charge in [-0.2, -0.15) is 0 Å². The summed E-state index contributed by atoms with van der Waals surface area (Å²) in [7, 11) is 0. The number of benzene rings is 1. The topological polar surface area (TPSA) is 99.4 Å². The maximum Gasteiger partial charge on any atom is 0.255 e. The fraction of sp³-hybridized carbons (Fsp3) is 0.227. The van der Waals surface area contributed by atoms with Crippen molar-refractivity contribution in [2.75, 3.05) is 18.9 Å². The van der Waals surface area contributed by atoms with E-state index in [0.717, 1.165) is 16.2 Å². The molecule has 9 heteroatoms. The van der Waals surface area contributed by atoms with Crippen molar-refractivity contribution >= 4 is 27.7 Å². The smallest absolute Gasteiger partial charge is 0.255 e. The summed E-state index contributed by atoms with van der Waals surface area (Å²) < 4.78 is 26.0. The van der Waals surface area contributed by atoms with Crippen LogP contribution in [0.3, 0.4) is 0 Å². The Morgan fingerprint density at radius 1 is 1.19 bits per heavy atom. The summed E-state index contributed by atoms with van der Waals surface area (Å²) in [4.78, 5) is 20.8. The molecule has 0 bridgehead atoms. The highest BCUT2D eigenvalue weighted by Crippen LogP contribution is 2.23. The fourth-order valence-corrected chi connectivity index (χ4v) is 3.51. The SMILES string of the molecule is Nc1ncc(-c2cncc(F)c2)cc1C(=O)N[C@H]1COC[C@@H]1OCc1ccc(Br)cc1. The van der Waals surface area contributed by atoms with Gasteiger partial charge >= 0.3 is 0 Å². The number of pyridine rings is 2. The van der Waals surface area contributed by atoms with Crippen molar-refractivity contribution in [3.8, 4) is 11.1 Å². The van der Waals surface area contributed by atoms with Gasteiger partial charge < -0.3 is 20.5 Å². The number of nitrogens with two attached hydrogens (primary N) is 1. The Labute approximate surface area is 186 Å². The van der Waals surface area contributed by atoms with E-state index in [9.17, 15) is 9.18 Å². The molecule has 0 saturated carbocycles. The second-order valence-corrected chi connectivity index (χ2v) is 8.06. The summed E-state index contributed by atoms with van der Waals surface area (Å²) >= 11 is 3.41. The molecule has 1 aliphatic heterocycles. The molecule has 0 radical (unpaired) electrons. The maximum absolute atomic E-state index is 13.5. The van der Waals surface area contributed by atoms with E-state index in [1.165, 1.54) is 18.5 Å². The minimum absolute atomic E-state index is 0.0804. The van der Waals surface area contributed by atoms with E-state index in [1.54, 1.807) is 6.07 Å². The molecule has 1 aliphatic rings. The van der Waals surface area contributed by atoms with Crippen molar-refractivity contribution in [2.45, 2.75) is 18.8 Å². The molecule has 0 spiro atoms. The molecule has 31 heavy (non-hydrogen) atoms. The molecule has 1 aromatic carbocycles. The third-order valence-electron chi connectivity index (χ3n) is 4.92. The summed E-state index contributed by atoms with van der Waals surface area (Å²) in [6.45, 7) is 1.11. The Kier molecular flexibility index (Phi) is 6.55. The van der Waals surface area contributed by atoms with E-state index in [0.29, 0.717) is 30.9 Å². The first-order valence-corrected chi connectivity index (χ1v) is 10.4. The molecule has 7 nitrogen and oxygen atoms in total. The van der Waals surface area contributed by atoms with Gasteiger partial charge in [-0.15, -0.1) is 0 Å². The lowest BCUT2D eigenvalue weighted by atomic mass is 10.1. The number of anilines is 1. The highest BCUT2D eigenvalue weighted by atomic mass is 79.9. The molecule has 3 heterocycles. The molecule has 0 unspecified atom stereocenters. The fourth-order valence-electron chi connectivity index (χ4n) is 3.25. The van der Waals surface area contributed by atoms with Crippen molar-refractivity contribution in [2.24, 2.45) is 0 Å². The van der Waals surface area contributed by atoms with Crippen LogP contribution in [0.2, 0.25) is 0 Å². The largest absolute Gasteiger partial charge is 0.383 e. The third kappa shape index (κ3) is 5.25. The first kappa shape index (κ1) is 21.4. The predicted octanol–water partition coefficient (Wildman–Crippen LogP) is 3.34. The zero-order valence-corrected chi connectivity index (χ0v) is 18.0. The number of halogens is 2. The van der Waals surface area contributed by atoms with Crippen LogP contribution in [0.4, 0.5) is 10.2 Å². The van der Waals surface area contributed by atoms with Gasteiger partial charge in [0.2, 0.25) is 0 Å². The van der Waals surface area contributed by atoms with Crippen LogP contribution in [0.25, 0.3) is 11.1 Å². The standard InChI is InChI=1S/C22H20BrFN4O3/c23-16-3-1-13(2-4-16)10-31-20-12-30-11-19(20)28-22(29)18-6-15(8-27-21(18)25)14-5-17(24)9-26-7-14/h1-9,19-20H,10-12H2,(H2,25,27)(H,28,29)/t19-,20-/m0/s1. The highest BCUT2D eigenvalue weighted by molar-refractivity contribution is 9.10. The second-order valence-electron chi connectivity index (χ2n) is 7.14. The van der Waals surface area contributed by atoms with Gasteiger partial charge in [0, 0.05) is 28.0 Å². The molecule has 4 rings (SSSR count). The molecule has 1 saturated heterocycles. The van der Waals surface area contributed by atoms with Crippen LogP contribution in [0.5, 0.6) is 0 Å². The normalized spacial score (nSPS) is 18.1. The molecule has 2 atom stereocenters. The number of rotatable bonds is 6. The van der Waals surface area contributed by atoms with Crippen molar-refractivity contribution in [3.63, 3.8) is 0 Å². The number of ether oxygens (including phenoxy) is 2. The van der Waals surface area contributed by atoms with Crippen LogP contribution >= 0.6 is 15.9 Å². The summed E-state index contributed by atoms with van der Waals surface area (Å²) in [5.41, 5.74) is 8.18. The highest BCUT2D eigenvalue weighted by Gasteiger charge is 2.31. The number of aromatic nitrogens is 2. The third-order valence-corrected chi connectivity index (χ3v) is 5.45. The second kappa shape index (κ2) is 9.51. The van der Waals surface area contributed by atoms with Gasteiger partial charge in [0.1, 0.15) is 17.7 Å². The molecule has 1 fully saturated rings. The van der Waals surface area contributed by atoms with E-state index in [1.807, 2.05) is 24.3 Å². The Morgan fingerprint density at radius 3 is 2.74 bits per heavy atom. The maximum atomic E-state index is 13.5. The van der Waals surface area contributed by atoms with Crippen molar-refractivity contribution in [1.29, 1.82) is 0 Å². The average molecular weight is 487 g/mol. The number of carbonyl (C=O) groups is 1. The lowest BCUT2D eigenvalue weighted by molar-refractivity contribution is 0.0218. The molecule has 2 aromatic heterocycles. The monoisotopic (exact) mass is 486 g/mol. The lowest BCUT2D eigenvalue weighted by Gasteiger charge is -2.20. The molecule has 160 valence electrons. The molecule has 1 amide bonds. The molecular formula is C22H20BrFN4O3. The van der Waals surface area contributed by atoms with Gasteiger partial charge in [0.25, 0.3) is 5.91 Å². The molecular weight excluding hydrogens is 467 g/mol. The number of amides is 1. The minimum Gasteiger partial charge on any atom is -0.383 e. The first-order valence-electron chi connectivity index (χ1n) is 9.60. The molecule has 3 aromatic rings. The van der Waals surface area contributed by atoms with Gasteiger partial charge in [0.15, 0.2) is 0 Å². The van der Waals surface area contributed by atoms with E-state index in [-0.39, 0.29) is 23.5 Å². The lowest BCUT2D eigenvalue weighted by Crippen LogP contribution is -2.44. The van der Waals surface area contributed by atoms with Gasteiger partial charge in [0.05, 0.1) is 37.6 Å². The van der Waals surface area contributed by atoms with Crippen LogP contribution in [-0.4, -0.2) is 41.2 Å². The van der Waals surface area contributed by atoms with Gasteiger partial charge in [-0.05, 0) is 29.8 Å². The van der Waals surface area contributed by atoms with Crippen LogP contribution < -0.4 is 11.1 Å². The average Bonchev–Trinajstić information content (AvgIpc) is 3.20. The van der Waals surface area contributed by atoms with Crippen molar-refractivity contribution in [3.05, 3.63) is 76.4 Å². The number of hydrogen-bond donors (Lipinski definition) is 2. The zero-order valence-electron chi connectivity index (χ0n) is 16.4. The van der Waals surface area contributed by atoms with Gasteiger partial charge in [-0.25, -0.2) is 9.37 Å². The minimum atomic E-state index is -0.478. The number of carbonyl (C=O) groups excluding carboxylic acids is 1. The van der Waals surface area contributed by atoms with E-state index >= 15 is 0 Å². The summed E-state index contributed by atoms with van der Waals surface area (Å²) in [6, 6.07) is 10.4. The Balaban J connectivity index is 1.44. The van der Waals surface area contributed by atoms with Gasteiger partial charge in [-0.1, -0.05) is 28.1 Å². The van der Waals surface area contributed by atoms with Crippen LogP contribution in [-0.2, 0) is 16.1 Å². The summed E-state index contributed by atoms with van der Waals surface area (Å²) in [5, 5.41) is 2.92. The Morgan fingerprint density at radius 2 is 1.97 bits per heavy atom. The number of nitrogen functional groups attached to an aromatic ring is 1. The van der Waals surface area contributed by atoms with Gasteiger partial charge in [-0.3, -0.25) is 9.78 Å². The van der Waals surface area contributed by atoms with Crippen LogP contribution in [0.1, 0.15) is 15.9 Å². The quantitative estimate of drug-likeness (QED) is 0.554. The van der Waals surface area contributed by atoms with Crippen LogP contribution in [0, 0.1) is 5.82 Å². The Hall–Kier alpha value is -2.88. The van der Waals surface area contributed by atoms with E-state index < -0.39 is 11.7 Å². The van der Waals surface area contributed by atoms with Crippen molar-refractivity contribution < 1.29 is 18.7 Å². The molecule has 3 N–H and O–H groups in total. The summed E-state index contributed by atoms with van der Waals surface area (Å²) in [6.07, 6.45) is 3.79. The summed E-state index contributed by atoms with van der Waals surface area (Å²) in [5.74, 6) is -0.796. The first-order chi connectivity index (χ1) is 15.0. The number of hydrogen-bond acceptors (Lipinski definition) is 6. The predicted molar refractivity (Wildman–Crippen MR) is 117 cm³/mol. The number of nitrogens with one attached hydrogen (secondary N) is 1. The Bertz CT molecular complexity index is 1080.